The maximum absolute atomic E-state index is 12.6. The third-order valence-corrected chi connectivity index (χ3v) is 5.13. The lowest BCUT2D eigenvalue weighted by Crippen LogP contribution is -2.38. The highest BCUT2D eigenvalue weighted by Crippen LogP contribution is 2.29. The number of sulfone groups is 1. The second-order valence-electron chi connectivity index (χ2n) is 6.24. The SMILES string of the molecule is CS(=O)(=O)CC1CCC(NC(=O)c2cncc(C(F)(F)F)c2)CC1. The van der Waals surface area contributed by atoms with Gasteiger partial charge in [0.15, 0.2) is 0 Å². The van der Waals surface area contributed by atoms with Gasteiger partial charge in [0.2, 0.25) is 0 Å². The Bertz CT molecular complexity index is 696. The van der Waals surface area contributed by atoms with Gasteiger partial charge in [-0.15, -0.1) is 0 Å². The van der Waals surface area contributed by atoms with Crippen LogP contribution in [0.3, 0.4) is 0 Å². The highest BCUT2D eigenvalue weighted by Gasteiger charge is 2.32. The van der Waals surface area contributed by atoms with E-state index in [0.29, 0.717) is 31.9 Å². The Balaban J connectivity index is 1.92. The fourth-order valence-electron chi connectivity index (χ4n) is 2.89. The third-order valence-electron chi connectivity index (χ3n) is 4.05. The summed E-state index contributed by atoms with van der Waals surface area (Å²) >= 11 is 0. The Morgan fingerprint density at radius 1 is 1.25 bits per heavy atom. The largest absolute Gasteiger partial charge is 0.417 e. The Labute approximate surface area is 138 Å². The lowest BCUT2D eigenvalue weighted by atomic mass is 9.87. The second kappa shape index (κ2) is 7.08. The molecule has 1 saturated carbocycles. The average Bonchev–Trinajstić information content (AvgIpc) is 2.47. The summed E-state index contributed by atoms with van der Waals surface area (Å²) in [6.45, 7) is 0. The van der Waals surface area contributed by atoms with Crippen molar-refractivity contribution >= 4 is 15.7 Å². The molecule has 9 heteroatoms. The molecule has 0 bridgehead atoms. The highest BCUT2D eigenvalue weighted by molar-refractivity contribution is 7.90. The van der Waals surface area contributed by atoms with Gasteiger partial charge in [0.05, 0.1) is 16.9 Å². The Morgan fingerprint density at radius 2 is 1.88 bits per heavy atom. The molecule has 0 spiro atoms. The molecule has 0 radical (unpaired) electrons. The molecule has 1 aliphatic carbocycles. The highest BCUT2D eigenvalue weighted by atomic mass is 32.2. The zero-order chi connectivity index (χ0) is 18.0. The van der Waals surface area contributed by atoms with Gasteiger partial charge in [0, 0.05) is 24.7 Å². The number of carbonyl (C=O) groups excluding carboxylic acids is 1. The smallest absolute Gasteiger partial charge is 0.349 e. The fraction of sp³-hybridized carbons (Fsp3) is 0.600. The van der Waals surface area contributed by atoms with Crippen molar-refractivity contribution in [3.8, 4) is 0 Å². The van der Waals surface area contributed by atoms with Crippen LogP contribution in [0, 0.1) is 5.92 Å². The molecule has 0 saturated heterocycles. The van der Waals surface area contributed by atoms with E-state index in [0.717, 1.165) is 12.3 Å². The molecule has 1 aromatic rings. The number of nitrogens with one attached hydrogen (secondary N) is 1. The number of pyridine rings is 1. The van der Waals surface area contributed by atoms with Crippen LogP contribution in [-0.4, -0.2) is 37.4 Å². The van der Waals surface area contributed by atoms with Crippen LogP contribution in [0.15, 0.2) is 18.5 Å². The molecule has 134 valence electrons. The van der Waals surface area contributed by atoms with Gasteiger partial charge in [0.1, 0.15) is 9.84 Å². The molecule has 1 amide bonds. The lowest BCUT2D eigenvalue weighted by molar-refractivity contribution is -0.137. The zero-order valence-corrected chi connectivity index (χ0v) is 14.0. The lowest BCUT2D eigenvalue weighted by Gasteiger charge is -2.28. The standard InChI is InChI=1S/C15H19F3N2O3S/c1-24(22,23)9-10-2-4-13(5-3-10)20-14(21)11-6-12(8-19-7-11)15(16,17)18/h6-8,10,13H,2-5,9H2,1H3,(H,20,21). The maximum Gasteiger partial charge on any atom is 0.417 e. The topological polar surface area (TPSA) is 76.1 Å². The predicted molar refractivity (Wildman–Crippen MR) is 82.2 cm³/mol. The van der Waals surface area contributed by atoms with Crippen LogP contribution in [0.1, 0.15) is 41.6 Å². The van der Waals surface area contributed by atoms with Crippen LogP contribution in [0.2, 0.25) is 0 Å². The minimum atomic E-state index is -4.55. The molecule has 1 heterocycles. The van der Waals surface area contributed by atoms with Gasteiger partial charge < -0.3 is 5.32 Å². The monoisotopic (exact) mass is 364 g/mol. The Morgan fingerprint density at radius 3 is 2.42 bits per heavy atom. The minimum absolute atomic E-state index is 0.0726. The quantitative estimate of drug-likeness (QED) is 0.890. The summed E-state index contributed by atoms with van der Waals surface area (Å²) < 4.78 is 60.5. The summed E-state index contributed by atoms with van der Waals surface area (Å²) in [6, 6.07) is 0.611. The number of carbonyl (C=O) groups is 1. The fourth-order valence-corrected chi connectivity index (χ4v) is 4.08. The van der Waals surface area contributed by atoms with Crippen LogP contribution < -0.4 is 5.32 Å². The molecular weight excluding hydrogens is 345 g/mol. The normalized spacial score (nSPS) is 22.2. The number of alkyl halides is 3. The first kappa shape index (κ1) is 18.7. The van der Waals surface area contributed by atoms with Gasteiger partial charge in [-0.2, -0.15) is 13.2 Å². The van der Waals surface area contributed by atoms with Crippen LogP contribution >= 0.6 is 0 Å². The first-order chi connectivity index (χ1) is 11.0. The van der Waals surface area contributed by atoms with Crippen molar-refractivity contribution in [1.29, 1.82) is 0 Å². The van der Waals surface area contributed by atoms with Gasteiger partial charge in [-0.3, -0.25) is 9.78 Å². The van der Waals surface area contributed by atoms with Gasteiger partial charge in [-0.05, 0) is 37.7 Å². The van der Waals surface area contributed by atoms with E-state index >= 15 is 0 Å². The first-order valence-corrected chi connectivity index (χ1v) is 9.61. The van der Waals surface area contributed by atoms with Crippen molar-refractivity contribution in [2.75, 3.05) is 12.0 Å². The molecule has 0 aromatic carbocycles. The molecule has 1 fully saturated rings. The van der Waals surface area contributed by atoms with Gasteiger partial charge in [-0.1, -0.05) is 0 Å². The number of hydrogen-bond donors (Lipinski definition) is 1. The molecule has 24 heavy (non-hydrogen) atoms. The minimum Gasteiger partial charge on any atom is -0.349 e. The van der Waals surface area contributed by atoms with E-state index in [-0.39, 0.29) is 23.3 Å². The van der Waals surface area contributed by atoms with E-state index in [9.17, 15) is 26.4 Å². The number of nitrogens with zero attached hydrogens (tertiary/aromatic N) is 1. The summed E-state index contributed by atoms with van der Waals surface area (Å²) in [4.78, 5) is 15.6. The van der Waals surface area contributed by atoms with Crippen molar-refractivity contribution in [2.45, 2.75) is 37.9 Å². The molecule has 0 atom stereocenters. The van der Waals surface area contributed by atoms with Crippen LogP contribution in [0.5, 0.6) is 0 Å². The number of aromatic nitrogens is 1. The molecule has 5 nitrogen and oxygen atoms in total. The van der Waals surface area contributed by atoms with E-state index < -0.39 is 27.5 Å². The Hall–Kier alpha value is -1.64. The summed E-state index contributed by atoms with van der Waals surface area (Å²) in [5.41, 5.74) is -1.10. The van der Waals surface area contributed by atoms with E-state index in [4.69, 9.17) is 0 Å². The van der Waals surface area contributed by atoms with E-state index in [1.165, 1.54) is 6.26 Å². The number of rotatable bonds is 4. The first-order valence-electron chi connectivity index (χ1n) is 7.55. The van der Waals surface area contributed by atoms with Crippen LogP contribution in [0.25, 0.3) is 0 Å². The van der Waals surface area contributed by atoms with Crippen LogP contribution in [0.4, 0.5) is 13.2 Å². The average molecular weight is 364 g/mol. The molecule has 0 aliphatic heterocycles. The van der Waals surface area contributed by atoms with E-state index in [1.807, 2.05) is 0 Å². The molecule has 0 unspecified atom stereocenters. The van der Waals surface area contributed by atoms with Crippen molar-refractivity contribution in [2.24, 2.45) is 5.92 Å². The number of halogens is 3. The molecule has 1 aromatic heterocycles. The third kappa shape index (κ3) is 5.47. The van der Waals surface area contributed by atoms with Crippen LogP contribution in [-0.2, 0) is 16.0 Å². The van der Waals surface area contributed by atoms with E-state index in [1.54, 1.807) is 0 Å². The predicted octanol–water partition coefficient (Wildman–Crippen LogP) is 2.43. The molecule has 1 N–H and O–H groups in total. The summed E-state index contributed by atoms with van der Waals surface area (Å²) in [7, 11) is -3.03. The van der Waals surface area contributed by atoms with Crippen molar-refractivity contribution in [3.63, 3.8) is 0 Å². The summed E-state index contributed by atoms with van der Waals surface area (Å²) in [6.07, 6.45) is 0.968. The maximum atomic E-state index is 12.6. The van der Waals surface area contributed by atoms with Gasteiger partial charge in [0.25, 0.3) is 5.91 Å². The summed E-state index contributed by atoms with van der Waals surface area (Å²) in [5.74, 6) is -0.394. The van der Waals surface area contributed by atoms with Gasteiger partial charge >= 0.3 is 6.18 Å². The molecule has 1 aliphatic rings. The summed E-state index contributed by atoms with van der Waals surface area (Å²) in [5, 5.41) is 2.70. The van der Waals surface area contributed by atoms with Crippen molar-refractivity contribution in [1.82, 2.24) is 10.3 Å². The Kier molecular flexibility index (Phi) is 5.52. The molecule has 2 rings (SSSR count). The molecular formula is C15H19F3N2O3S. The second-order valence-corrected chi connectivity index (χ2v) is 8.43. The zero-order valence-electron chi connectivity index (χ0n) is 13.1. The van der Waals surface area contributed by atoms with Gasteiger partial charge in [-0.25, -0.2) is 8.42 Å². The number of amides is 1. The van der Waals surface area contributed by atoms with E-state index in [2.05, 4.69) is 10.3 Å². The van der Waals surface area contributed by atoms with Crippen molar-refractivity contribution < 1.29 is 26.4 Å². The number of hydrogen-bond acceptors (Lipinski definition) is 4. The van der Waals surface area contributed by atoms with Crippen molar-refractivity contribution in [3.05, 3.63) is 29.6 Å².